The minimum absolute atomic E-state index is 0.444. The number of anilines is 1. The third-order valence-corrected chi connectivity index (χ3v) is 2.70. The van der Waals surface area contributed by atoms with Crippen molar-refractivity contribution in [2.75, 3.05) is 12.4 Å². The molecule has 1 aromatic carbocycles. The molecule has 0 unspecified atom stereocenters. The number of nitrogens with zero attached hydrogens (tertiary/aromatic N) is 2. The summed E-state index contributed by atoms with van der Waals surface area (Å²) in [5.74, 6) is 0.539. The molecule has 104 valence electrons. The van der Waals surface area contributed by atoms with Gasteiger partial charge in [-0.15, -0.1) is 0 Å². The predicted octanol–water partition coefficient (Wildman–Crippen LogP) is 1.50. The van der Waals surface area contributed by atoms with Crippen molar-refractivity contribution >= 4 is 11.9 Å². The molecule has 2 rings (SSSR count). The van der Waals surface area contributed by atoms with E-state index in [-0.39, 0.29) is 0 Å². The molecular formula is C14H16N4O2. The number of carbonyl (C=O) groups excluding carboxylic acids is 1. The third-order valence-electron chi connectivity index (χ3n) is 2.70. The summed E-state index contributed by atoms with van der Waals surface area (Å²) in [4.78, 5) is 19.6. The summed E-state index contributed by atoms with van der Waals surface area (Å²) in [6.45, 7) is 2.36. The molecule has 1 heterocycles. The number of benzene rings is 1. The van der Waals surface area contributed by atoms with Crippen LogP contribution in [0.25, 0.3) is 0 Å². The number of hydrogen-bond donors (Lipinski definition) is 2. The highest BCUT2D eigenvalue weighted by Gasteiger charge is 2.04. The maximum absolute atomic E-state index is 11.1. The zero-order valence-corrected chi connectivity index (χ0v) is 11.4. The zero-order chi connectivity index (χ0) is 14.5. The number of aromatic nitrogens is 2. The molecule has 6 nitrogen and oxygen atoms in total. The normalized spacial score (nSPS) is 10.1. The van der Waals surface area contributed by atoms with Crippen LogP contribution in [0.3, 0.4) is 0 Å². The van der Waals surface area contributed by atoms with E-state index >= 15 is 0 Å². The second-order valence-electron chi connectivity index (χ2n) is 4.29. The Bertz CT molecular complexity index is 628. The highest BCUT2D eigenvalue weighted by molar-refractivity contribution is 5.92. The molecule has 3 N–H and O–H groups in total. The molecule has 0 aliphatic carbocycles. The Morgan fingerprint density at radius 1 is 1.35 bits per heavy atom. The lowest BCUT2D eigenvalue weighted by atomic mass is 10.1. The van der Waals surface area contributed by atoms with Crippen molar-refractivity contribution in [2.24, 2.45) is 5.73 Å². The van der Waals surface area contributed by atoms with Crippen molar-refractivity contribution in [1.82, 2.24) is 9.97 Å². The SMILES string of the molecule is COc1cc(C)nc(NCc2cccc(C(N)=O)c2)n1. The fourth-order valence-corrected chi connectivity index (χ4v) is 1.74. The van der Waals surface area contributed by atoms with E-state index in [1.54, 1.807) is 31.4 Å². The Morgan fingerprint density at radius 2 is 2.15 bits per heavy atom. The van der Waals surface area contributed by atoms with E-state index in [4.69, 9.17) is 10.5 Å². The van der Waals surface area contributed by atoms with Gasteiger partial charge in [-0.25, -0.2) is 4.98 Å². The van der Waals surface area contributed by atoms with Crippen molar-refractivity contribution in [3.8, 4) is 5.88 Å². The van der Waals surface area contributed by atoms with Gasteiger partial charge in [-0.1, -0.05) is 12.1 Å². The zero-order valence-electron chi connectivity index (χ0n) is 11.4. The van der Waals surface area contributed by atoms with Crippen molar-refractivity contribution in [1.29, 1.82) is 0 Å². The molecule has 0 bridgehead atoms. The number of methoxy groups -OCH3 is 1. The van der Waals surface area contributed by atoms with E-state index in [0.29, 0.717) is 23.9 Å². The van der Waals surface area contributed by atoms with Gasteiger partial charge >= 0.3 is 0 Å². The van der Waals surface area contributed by atoms with Gasteiger partial charge in [-0.05, 0) is 24.6 Å². The smallest absolute Gasteiger partial charge is 0.248 e. The summed E-state index contributed by atoms with van der Waals surface area (Å²) in [5.41, 5.74) is 7.46. The second kappa shape index (κ2) is 6.01. The van der Waals surface area contributed by atoms with Gasteiger partial charge in [0.2, 0.25) is 17.7 Å². The first-order valence-corrected chi connectivity index (χ1v) is 6.11. The lowest BCUT2D eigenvalue weighted by Gasteiger charge is -2.08. The molecule has 6 heteroatoms. The molecule has 1 amide bonds. The molecule has 2 aromatic rings. The number of rotatable bonds is 5. The first-order chi connectivity index (χ1) is 9.58. The third kappa shape index (κ3) is 3.44. The van der Waals surface area contributed by atoms with Gasteiger partial charge < -0.3 is 15.8 Å². The molecule has 0 atom stereocenters. The van der Waals surface area contributed by atoms with Crippen molar-refractivity contribution in [3.05, 3.63) is 47.2 Å². The van der Waals surface area contributed by atoms with Crippen molar-refractivity contribution in [2.45, 2.75) is 13.5 Å². The van der Waals surface area contributed by atoms with Crippen LogP contribution in [-0.2, 0) is 6.54 Å². The summed E-state index contributed by atoms with van der Waals surface area (Å²) in [6.07, 6.45) is 0. The summed E-state index contributed by atoms with van der Waals surface area (Å²) in [6, 6.07) is 8.85. The summed E-state index contributed by atoms with van der Waals surface area (Å²) >= 11 is 0. The fourth-order valence-electron chi connectivity index (χ4n) is 1.74. The molecule has 1 aromatic heterocycles. The molecule has 0 saturated heterocycles. The minimum Gasteiger partial charge on any atom is -0.481 e. The maximum Gasteiger partial charge on any atom is 0.248 e. The average molecular weight is 272 g/mol. The van der Waals surface area contributed by atoms with Gasteiger partial charge in [0.15, 0.2) is 0 Å². The lowest BCUT2D eigenvalue weighted by molar-refractivity contribution is 0.1000. The Hall–Kier alpha value is -2.63. The van der Waals surface area contributed by atoms with Crippen molar-refractivity contribution in [3.63, 3.8) is 0 Å². The molecule has 0 aliphatic heterocycles. The molecule has 0 radical (unpaired) electrons. The standard InChI is InChI=1S/C14H16N4O2/c1-9-6-12(20-2)18-14(17-9)16-8-10-4-3-5-11(7-10)13(15)19/h3-7H,8H2,1-2H3,(H2,15,19)(H,16,17,18). The largest absolute Gasteiger partial charge is 0.481 e. The van der Waals surface area contributed by atoms with E-state index in [9.17, 15) is 4.79 Å². The number of primary amides is 1. The van der Waals surface area contributed by atoms with Gasteiger partial charge in [-0.3, -0.25) is 4.79 Å². The van der Waals surface area contributed by atoms with Crippen LogP contribution in [0.1, 0.15) is 21.6 Å². The Balaban J connectivity index is 2.10. The number of nitrogens with two attached hydrogens (primary N) is 1. The molecule has 0 aliphatic rings. The minimum atomic E-state index is -0.444. The first-order valence-electron chi connectivity index (χ1n) is 6.11. The van der Waals surface area contributed by atoms with Crippen LogP contribution in [0.4, 0.5) is 5.95 Å². The Kier molecular flexibility index (Phi) is 4.14. The summed E-state index contributed by atoms with van der Waals surface area (Å²) in [7, 11) is 1.56. The first kappa shape index (κ1) is 13.8. The molecular weight excluding hydrogens is 256 g/mol. The number of hydrogen-bond acceptors (Lipinski definition) is 5. The van der Waals surface area contributed by atoms with E-state index < -0.39 is 5.91 Å². The van der Waals surface area contributed by atoms with Gasteiger partial charge in [-0.2, -0.15) is 4.98 Å². The lowest BCUT2D eigenvalue weighted by Crippen LogP contribution is -2.12. The predicted molar refractivity (Wildman–Crippen MR) is 75.6 cm³/mol. The maximum atomic E-state index is 11.1. The Labute approximate surface area is 117 Å². The number of carbonyl (C=O) groups is 1. The highest BCUT2D eigenvalue weighted by Crippen LogP contribution is 2.12. The van der Waals surface area contributed by atoms with Gasteiger partial charge in [0.25, 0.3) is 0 Å². The number of amides is 1. The van der Waals surface area contributed by atoms with E-state index in [1.807, 2.05) is 13.0 Å². The average Bonchev–Trinajstić information content (AvgIpc) is 2.44. The topological polar surface area (TPSA) is 90.1 Å². The quantitative estimate of drug-likeness (QED) is 0.861. The summed E-state index contributed by atoms with van der Waals surface area (Å²) < 4.78 is 5.09. The molecule has 20 heavy (non-hydrogen) atoms. The van der Waals surface area contributed by atoms with Gasteiger partial charge in [0, 0.05) is 23.9 Å². The van der Waals surface area contributed by atoms with Crippen LogP contribution >= 0.6 is 0 Å². The van der Waals surface area contributed by atoms with Crippen LogP contribution in [0.15, 0.2) is 30.3 Å². The van der Waals surface area contributed by atoms with Crippen LogP contribution in [0.2, 0.25) is 0 Å². The van der Waals surface area contributed by atoms with E-state index in [2.05, 4.69) is 15.3 Å². The second-order valence-corrected chi connectivity index (χ2v) is 4.29. The monoisotopic (exact) mass is 272 g/mol. The highest BCUT2D eigenvalue weighted by atomic mass is 16.5. The van der Waals surface area contributed by atoms with Gasteiger partial charge in [0.05, 0.1) is 7.11 Å². The van der Waals surface area contributed by atoms with E-state index in [0.717, 1.165) is 11.3 Å². The van der Waals surface area contributed by atoms with Crippen LogP contribution in [-0.4, -0.2) is 23.0 Å². The van der Waals surface area contributed by atoms with Crippen LogP contribution in [0, 0.1) is 6.92 Å². The van der Waals surface area contributed by atoms with Crippen molar-refractivity contribution < 1.29 is 9.53 Å². The van der Waals surface area contributed by atoms with Gasteiger partial charge in [0.1, 0.15) is 0 Å². The van der Waals surface area contributed by atoms with Crippen LogP contribution < -0.4 is 15.8 Å². The number of nitrogens with one attached hydrogen (secondary N) is 1. The molecule has 0 spiro atoms. The molecule has 0 saturated carbocycles. The number of aryl methyl sites for hydroxylation is 1. The Morgan fingerprint density at radius 3 is 2.85 bits per heavy atom. The van der Waals surface area contributed by atoms with E-state index in [1.165, 1.54) is 0 Å². The molecule has 0 fully saturated rings. The fraction of sp³-hybridized carbons (Fsp3) is 0.214. The van der Waals surface area contributed by atoms with Crippen LogP contribution in [0.5, 0.6) is 5.88 Å². The summed E-state index contributed by atoms with van der Waals surface area (Å²) in [5, 5.41) is 3.09. The number of ether oxygens (including phenoxy) is 1.